The van der Waals surface area contributed by atoms with Crippen LogP contribution in [0.1, 0.15) is 298 Å². The lowest BCUT2D eigenvalue weighted by Gasteiger charge is -2.18. The highest BCUT2D eigenvalue weighted by Crippen LogP contribution is 2.17. The smallest absolute Gasteiger partial charge is 0.306 e. The Morgan fingerprint density at radius 2 is 0.550 bits per heavy atom. The van der Waals surface area contributed by atoms with E-state index in [0.29, 0.717) is 19.3 Å². The Morgan fingerprint density at radius 1 is 0.317 bits per heavy atom. The van der Waals surface area contributed by atoms with E-state index >= 15 is 0 Å². The number of esters is 3. The first-order chi connectivity index (χ1) is 29.2. The third kappa shape index (κ3) is 47.5. The molecule has 0 fully saturated rings. The molecule has 0 unspecified atom stereocenters. The van der Waals surface area contributed by atoms with Gasteiger partial charge in [0.25, 0.3) is 0 Å². The van der Waals surface area contributed by atoms with Gasteiger partial charge in [-0.05, 0) is 31.1 Å². The van der Waals surface area contributed by atoms with Crippen molar-refractivity contribution < 1.29 is 28.6 Å². The normalized spacial score (nSPS) is 12.1. The molecule has 0 aromatic rings. The molecule has 0 aliphatic heterocycles. The molecule has 0 amide bonds. The van der Waals surface area contributed by atoms with Gasteiger partial charge in [0.15, 0.2) is 6.10 Å². The van der Waals surface area contributed by atoms with Crippen LogP contribution in [-0.4, -0.2) is 37.2 Å². The minimum absolute atomic E-state index is 0.0638. The van der Waals surface area contributed by atoms with Crippen LogP contribution in [0.5, 0.6) is 0 Å². The van der Waals surface area contributed by atoms with Crippen LogP contribution in [0.2, 0.25) is 0 Å². The molecule has 0 heterocycles. The van der Waals surface area contributed by atoms with Crippen LogP contribution in [-0.2, 0) is 28.6 Å². The highest BCUT2D eigenvalue weighted by Gasteiger charge is 2.19. The SMILES string of the molecule is CCCCCCCCCCCCCCCCC(=O)O[C@@H](COC(=O)CCCCCCCCCCCCCCCCCC(C)C)COC(=O)CCCCCCCCCC(C)C. The van der Waals surface area contributed by atoms with E-state index < -0.39 is 6.10 Å². The van der Waals surface area contributed by atoms with Crippen molar-refractivity contribution in [3.05, 3.63) is 0 Å². The third-order valence-electron chi connectivity index (χ3n) is 12.2. The highest BCUT2D eigenvalue weighted by atomic mass is 16.6. The number of ether oxygens (including phenoxy) is 3. The van der Waals surface area contributed by atoms with E-state index in [0.717, 1.165) is 69.6 Å². The quantitative estimate of drug-likeness (QED) is 0.0345. The van der Waals surface area contributed by atoms with Gasteiger partial charge in [-0.3, -0.25) is 14.4 Å². The summed E-state index contributed by atoms with van der Waals surface area (Å²) in [4.78, 5) is 37.9. The first-order valence-corrected chi connectivity index (χ1v) is 26.7. The highest BCUT2D eigenvalue weighted by molar-refractivity contribution is 5.71. The van der Waals surface area contributed by atoms with Gasteiger partial charge >= 0.3 is 17.9 Å². The number of carbonyl (C=O) groups is 3. The number of hydrogen-bond donors (Lipinski definition) is 0. The molecule has 0 aromatic carbocycles. The summed E-state index contributed by atoms with van der Waals surface area (Å²) < 4.78 is 16.8. The molecule has 0 saturated heterocycles. The molecule has 6 nitrogen and oxygen atoms in total. The second-order valence-corrected chi connectivity index (χ2v) is 19.5. The standard InChI is InChI=1S/C54H104O6/c1-6-7-8-9-10-11-12-13-18-22-25-30-36-41-46-54(57)60-51(48-59-53(56)45-40-35-31-26-28-33-38-43-50(4)5)47-58-52(55)44-39-34-29-24-21-19-16-14-15-17-20-23-27-32-37-42-49(2)3/h49-51H,6-48H2,1-5H3/t51-/m0/s1. The average molecular weight is 849 g/mol. The zero-order chi connectivity index (χ0) is 44.0. The molecule has 0 saturated carbocycles. The molecule has 0 radical (unpaired) electrons. The van der Waals surface area contributed by atoms with Crippen LogP contribution in [0.4, 0.5) is 0 Å². The molecule has 60 heavy (non-hydrogen) atoms. The molecule has 6 heteroatoms. The van der Waals surface area contributed by atoms with Crippen LogP contribution in [0.25, 0.3) is 0 Å². The van der Waals surface area contributed by atoms with Gasteiger partial charge in [-0.15, -0.1) is 0 Å². The van der Waals surface area contributed by atoms with Gasteiger partial charge in [0.2, 0.25) is 0 Å². The van der Waals surface area contributed by atoms with Crippen molar-refractivity contribution in [1.82, 2.24) is 0 Å². The van der Waals surface area contributed by atoms with Crippen LogP contribution in [0.3, 0.4) is 0 Å². The molecule has 0 aliphatic carbocycles. The second-order valence-electron chi connectivity index (χ2n) is 19.5. The zero-order valence-electron chi connectivity index (χ0n) is 41.1. The van der Waals surface area contributed by atoms with E-state index in [1.165, 1.54) is 186 Å². The zero-order valence-corrected chi connectivity index (χ0v) is 41.1. The molecule has 0 aliphatic rings. The van der Waals surface area contributed by atoms with Gasteiger partial charge in [0.1, 0.15) is 13.2 Å². The van der Waals surface area contributed by atoms with Gasteiger partial charge in [0.05, 0.1) is 0 Å². The van der Waals surface area contributed by atoms with Crippen molar-refractivity contribution >= 4 is 17.9 Å². The number of carbonyl (C=O) groups excluding carboxylic acids is 3. The van der Waals surface area contributed by atoms with Crippen LogP contribution >= 0.6 is 0 Å². The van der Waals surface area contributed by atoms with Crippen LogP contribution in [0, 0.1) is 11.8 Å². The van der Waals surface area contributed by atoms with Gasteiger partial charge in [-0.25, -0.2) is 0 Å². The monoisotopic (exact) mass is 849 g/mol. The van der Waals surface area contributed by atoms with Gasteiger partial charge in [-0.2, -0.15) is 0 Å². The summed E-state index contributed by atoms with van der Waals surface area (Å²) in [6, 6.07) is 0. The minimum Gasteiger partial charge on any atom is -0.462 e. The van der Waals surface area contributed by atoms with E-state index in [4.69, 9.17) is 14.2 Å². The van der Waals surface area contributed by atoms with E-state index in [-0.39, 0.29) is 31.1 Å². The summed E-state index contributed by atoms with van der Waals surface area (Å²) in [5, 5.41) is 0. The van der Waals surface area contributed by atoms with Gasteiger partial charge < -0.3 is 14.2 Å². The summed E-state index contributed by atoms with van der Waals surface area (Å²) in [7, 11) is 0. The Kier molecular flexibility index (Phi) is 45.7. The molecule has 0 bridgehead atoms. The first kappa shape index (κ1) is 58.4. The lowest BCUT2D eigenvalue weighted by Crippen LogP contribution is -2.30. The first-order valence-electron chi connectivity index (χ1n) is 26.7. The topological polar surface area (TPSA) is 78.9 Å². The largest absolute Gasteiger partial charge is 0.462 e. The van der Waals surface area contributed by atoms with E-state index in [2.05, 4.69) is 34.6 Å². The van der Waals surface area contributed by atoms with E-state index in [9.17, 15) is 14.4 Å². The maximum Gasteiger partial charge on any atom is 0.306 e. The fraction of sp³-hybridized carbons (Fsp3) is 0.944. The number of rotatable bonds is 48. The van der Waals surface area contributed by atoms with Crippen molar-refractivity contribution in [1.29, 1.82) is 0 Å². The molecular weight excluding hydrogens is 745 g/mol. The van der Waals surface area contributed by atoms with E-state index in [1.54, 1.807) is 0 Å². The van der Waals surface area contributed by atoms with Crippen molar-refractivity contribution in [2.45, 2.75) is 304 Å². The maximum absolute atomic E-state index is 12.8. The Bertz CT molecular complexity index is 916. The van der Waals surface area contributed by atoms with Crippen LogP contribution in [0.15, 0.2) is 0 Å². The van der Waals surface area contributed by atoms with Gasteiger partial charge in [-0.1, -0.05) is 259 Å². The molecule has 356 valence electrons. The summed E-state index contributed by atoms with van der Waals surface area (Å²) >= 11 is 0. The summed E-state index contributed by atoms with van der Waals surface area (Å²) in [5.74, 6) is 0.783. The maximum atomic E-state index is 12.8. The average Bonchev–Trinajstić information content (AvgIpc) is 3.22. The van der Waals surface area contributed by atoms with Crippen molar-refractivity contribution in [3.8, 4) is 0 Å². The number of unbranched alkanes of at least 4 members (excludes halogenated alkanes) is 33. The molecule has 1 atom stereocenters. The molecule has 0 spiro atoms. The minimum atomic E-state index is -0.762. The Hall–Kier alpha value is -1.59. The Balaban J connectivity index is 4.26. The molecular formula is C54H104O6. The lowest BCUT2D eigenvalue weighted by molar-refractivity contribution is -0.167. The van der Waals surface area contributed by atoms with Crippen molar-refractivity contribution in [2.75, 3.05) is 13.2 Å². The van der Waals surface area contributed by atoms with Crippen molar-refractivity contribution in [3.63, 3.8) is 0 Å². The third-order valence-corrected chi connectivity index (χ3v) is 12.2. The fourth-order valence-corrected chi connectivity index (χ4v) is 8.17. The van der Waals surface area contributed by atoms with Crippen LogP contribution < -0.4 is 0 Å². The number of hydrogen-bond acceptors (Lipinski definition) is 6. The summed E-state index contributed by atoms with van der Waals surface area (Å²) in [6.45, 7) is 11.3. The van der Waals surface area contributed by atoms with Gasteiger partial charge in [0, 0.05) is 19.3 Å². The second kappa shape index (κ2) is 46.9. The summed E-state index contributed by atoms with van der Waals surface area (Å²) in [5.41, 5.74) is 0. The Labute approximate surface area is 374 Å². The Morgan fingerprint density at radius 3 is 0.817 bits per heavy atom. The molecule has 0 N–H and O–H groups in total. The summed E-state index contributed by atoms with van der Waals surface area (Å²) in [6.07, 6.45) is 48.1. The molecule has 0 aromatic heterocycles. The van der Waals surface area contributed by atoms with Crippen molar-refractivity contribution in [2.24, 2.45) is 11.8 Å². The van der Waals surface area contributed by atoms with E-state index in [1.807, 2.05) is 0 Å². The lowest BCUT2D eigenvalue weighted by atomic mass is 10.0. The fourth-order valence-electron chi connectivity index (χ4n) is 8.17. The molecule has 0 rings (SSSR count). The predicted molar refractivity (Wildman–Crippen MR) is 256 cm³/mol. The predicted octanol–water partition coefficient (Wildman–Crippen LogP) is 17.3.